The summed E-state index contributed by atoms with van der Waals surface area (Å²) in [5.74, 6) is 0.619. The van der Waals surface area contributed by atoms with Crippen molar-refractivity contribution in [1.82, 2.24) is 9.55 Å². The van der Waals surface area contributed by atoms with Crippen molar-refractivity contribution in [3.8, 4) is 0 Å². The molecule has 1 amide bonds. The van der Waals surface area contributed by atoms with E-state index in [4.69, 9.17) is 9.47 Å². The maximum atomic E-state index is 13.6. The van der Waals surface area contributed by atoms with E-state index in [1.807, 2.05) is 58.0 Å². The van der Waals surface area contributed by atoms with Crippen molar-refractivity contribution in [3.63, 3.8) is 0 Å². The molecule has 0 fully saturated rings. The average Bonchev–Trinajstić information content (AvgIpc) is 2.72. The number of carbonyl (C=O) groups is 1. The van der Waals surface area contributed by atoms with Crippen LogP contribution in [0.3, 0.4) is 0 Å². The lowest BCUT2D eigenvalue weighted by Gasteiger charge is -2.25. The molecule has 0 spiro atoms. The number of ether oxygens (including phenoxy) is 2. The first-order valence-corrected chi connectivity index (χ1v) is 10.6. The first-order chi connectivity index (χ1) is 15.1. The van der Waals surface area contributed by atoms with E-state index in [0.29, 0.717) is 35.4 Å². The average molecular weight is 438 g/mol. The summed E-state index contributed by atoms with van der Waals surface area (Å²) in [6.45, 7) is 7.64. The summed E-state index contributed by atoms with van der Waals surface area (Å²) in [7, 11) is 3.25. The van der Waals surface area contributed by atoms with Crippen molar-refractivity contribution in [3.05, 3.63) is 70.3 Å². The van der Waals surface area contributed by atoms with Gasteiger partial charge in [0, 0.05) is 19.8 Å². The summed E-state index contributed by atoms with van der Waals surface area (Å²) in [6.07, 6.45) is 0.152. The van der Waals surface area contributed by atoms with Crippen molar-refractivity contribution in [2.75, 3.05) is 25.7 Å². The summed E-state index contributed by atoms with van der Waals surface area (Å²) in [6, 6.07) is 15.0. The SMILES string of the molecule is COC[C@H](Cc1ccccc1)n1c(C)nc2ccc(N(C)C(=O)OC(C)(C)C)cc2c1=O. The number of nitrogens with zero attached hydrogens (tertiary/aromatic N) is 3. The minimum absolute atomic E-state index is 0.162. The smallest absolute Gasteiger partial charge is 0.414 e. The highest BCUT2D eigenvalue weighted by atomic mass is 16.6. The van der Waals surface area contributed by atoms with Crippen LogP contribution in [0, 0.1) is 6.92 Å². The molecule has 32 heavy (non-hydrogen) atoms. The molecule has 7 heteroatoms. The Hall–Kier alpha value is -3.19. The predicted molar refractivity (Wildman–Crippen MR) is 126 cm³/mol. The van der Waals surface area contributed by atoms with Gasteiger partial charge in [0.05, 0.1) is 23.6 Å². The first-order valence-electron chi connectivity index (χ1n) is 10.6. The van der Waals surface area contributed by atoms with Gasteiger partial charge in [0.25, 0.3) is 5.56 Å². The van der Waals surface area contributed by atoms with E-state index in [-0.39, 0.29) is 11.6 Å². The van der Waals surface area contributed by atoms with Crippen LogP contribution in [0.2, 0.25) is 0 Å². The van der Waals surface area contributed by atoms with Gasteiger partial charge in [0.2, 0.25) is 0 Å². The molecule has 0 aliphatic heterocycles. The number of rotatable bonds is 6. The highest BCUT2D eigenvalue weighted by Crippen LogP contribution is 2.22. The van der Waals surface area contributed by atoms with Gasteiger partial charge in [-0.25, -0.2) is 9.78 Å². The van der Waals surface area contributed by atoms with Crippen LogP contribution >= 0.6 is 0 Å². The molecule has 7 nitrogen and oxygen atoms in total. The number of hydrogen-bond acceptors (Lipinski definition) is 5. The third-order valence-electron chi connectivity index (χ3n) is 5.15. The molecule has 0 bridgehead atoms. The fourth-order valence-electron chi connectivity index (χ4n) is 3.68. The molecule has 1 atom stereocenters. The fourth-order valence-corrected chi connectivity index (χ4v) is 3.68. The Balaban J connectivity index is 2.04. The maximum absolute atomic E-state index is 13.6. The van der Waals surface area contributed by atoms with Crippen LogP contribution in [-0.4, -0.2) is 42.0 Å². The van der Waals surface area contributed by atoms with Crippen molar-refractivity contribution in [2.45, 2.75) is 45.8 Å². The van der Waals surface area contributed by atoms with E-state index in [2.05, 4.69) is 4.98 Å². The molecule has 170 valence electrons. The standard InChI is InChI=1S/C25H31N3O4/c1-17-26-22-13-12-19(27(5)24(30)32-25(2,3)4)15-21(22)23(29)28(17)20(16-31-6)14-18-10-8-7-9-11-18/h7-13,15,20H,14,16H2,1-6H3/t20-/m0/s1. The van der Waals surface area contributed by atoms with E-state index >= 15 is 0 Å². The number of benzene rings is 2. The quantitative estimate of drug-likeness (QED) is 0.567. The van der Waals surface area contributed by atoms with Gasteiger partial charge in [-0.15, -0.1) is 0 Å². The van der Waals surface area contributed by atoms with Gasteiger partial charge < -0.3 is 9.47 Å². The molecular weight excluding hydrogens is 406 g/mol. The van der Waals surface area contributed by atoms with Crippen molar-refractivity contribution in [1.29, 1.82) is 0 Å². The third-order valence-corrected chi connectivity index (χ3v) is 5.15. The molecular formula is C25H31N3O4. The molecule has 0 N–H and O–H groups in total. The van der Waals surface area contributed by atoms with Crippen molar-refractivity contribution >= 4 is 22.7 Å². The molecule has 0 saturated heterocycles. The molecule has 1 heterocycles. The Morgan fingerprint density at radius 2 is 1.84 bits per heavy atom. The Labute approximate surface area is 188 Å². The van der Waals surface area contributed by atoms with Gasteiger partial charge in [-0.2, -0.15) is 0 Å². The number of amides is 1. The molecule has 0 aliphatic carbocycles. The minimum Gasteiger partial charge on any atom is -0.443 e. The summed E-state index contributed by atoms with van der Waals surface area (Å²) >= 11 is 0. The lowest BCUT2D eigenvalue weighted by molar-refractivity contribution is 0.0589. The van der Waals surface area contributed by atoms with Crippen LogP contribution in [0.4, 0.5) is 10.5 Å². The van der Waals surface area contributed by atoms with Gasteiger partial charge >= 0.3 is 6.09 Å². The Bertz CT molecular complexity index is 1150. The zero-order valence-electron chi connectivity index (χ0n) is 19.6. The second kappa shape index (κ2) is 9.53. The zero-order chi connectivity index (χ0) is 23.5. The van der Waals surface area contributed by atoms with Crippen LogP contribution in [0.15, 0.2) is 53.3 Å². The van der Waals surface area contributed by atoms with Crippen LogP contribution in [0.1, 0.15) is 38.2 Å². The van der Waals surface area contributed by atoms with E-state index in [0.717, 1.165) is 5.56 Å². The monoisotopic (exact) mass is 437 g/mol. The molecule has 0 unspecified atom stereocenters. The van der Waals surface area contributed by atoms with Crippen LogP contribution in [0.25, 0.3) is 10.9 Å². The van der Waals surface area contributed by atoms with Gasteiger partial charge in [0.1, 0.15) is 11.4 Å². The Morgan fingerprint density at radius 1 is 1.16 bits per heavy atom. The molecule has 3 aromatic rings. The van der Waals surface area contributed by atoms with E-state index in [1.54, 1.807) is 36.9 Å². The minimum atomic E-state index is -0.613. The molecule has 0 aliphatic rings. The van der Waals surface area contributed by atoms with Gasteiger partial charge in [0.15, 0.2) is 0 Å². The van der Waals surface area contributed by atoms with E-state index in [9.17, 15) is 9.59 Å². The largest absolute Gasteiger partial charge is 0.443 e. The zero-order valence-corrected chi connectivity index (χ0v) is 19.6. The number of anilines is 1. The van der Waals surface area contributed by atoms with Gasteiger partial charge in [-0.1, -0.05) is 30.3 Å². The number of aryl methyl sites for hydroxylation is 1. The Kier molecular flexibility index (Phi) is 6.99. The highest BCUT2D eigenvalue weighted by molar-refractivity contribution is 5.91. The van der Waals surface area contributed by atoms with Gasteiger partial charge in [-0.05, 0) is 57.9 Å². The number of hydrogen-bond donors (Lipinski definition) is 0. The lowest BCUT2D eigenvalue weighted by atomic mass is 10.1. The third kappa shape index (κ3) is 5.34. The van der Waals surface area contributed by atoms with Crippen LogP contribution < -0.4 is 10.5 Å². The second-order valence-electron chi connectivity index (χ2n) is 8.87. The fraction of sp³-hybridized carbons (Fsp3) is 0.400. The highest BCUT2D eigenvalue weighted by Gasteiger charge is 2.22. The molecule has 1 aromatic heterocycles. The number of aromatic nitrogens is 2. The maximum Gasteiger partial charge on any atom is 0.414 e. The van der Waals surface area contributed by atoms with Crippen LogP contribution in [-0.2, 0) is 15.9 Å². The second-order valence-corrected chi connectivity index (χ2v) is 8.87. The summed E-state index contributed by atoms with van der Waals surface area (Å²) in [4.78, 5) is 32.1. The van der Waals surface area contributed by atoms with Crippen LogP contribution in [0.5, 0.6) is 0 Å². The van der Waals surface area contributed by atoms with Crippen molar-refractivity contribution in [2.24, 2.45) is 0 Å². The van der Waals surface area contributed by atoms with Crippen molar-refractivity contribution < 1.29 is 14.3 Å². The lowest BCUT2D eigenvalue weighted by Crippen LogP contribution is -2.34. The predicted octanol–water partition coefficient (Wildman–Crippen LogP) is 4.51. The molecule has 2 aromatic carbocycles. The molecule has 0 radical (unpaired) electrons. The number of methoxy groups -OCH3 is 1. The van der Waals surface area contributed by atoms with Gasteiger partial charge in [-0.3, -0.25) is 14.3 Å². The normalized spacial score (nSPS) is 12.6. The molecule has 3 rings (SSSR count). The summed E-state index contributed by atoms with van der Waals surface area (Å²) in [5, 5.41) is 0.442. The summed E-state index contributed by atoms with van der Waals surface area (Å²) < 4.78 is 12.6. The topological polar surface area (TPSA) is 73.7 Å². The summed E-state index contributed by atoms with van der Waals surface area (Å²) in [5.41, 5.74) is 1.48. The number of fused-ring (bicyclic) bond motifs is 1. The van der Waals surface area contributed by atoms with E-state index < -0.39 is 11.7 Å². The van der Waals surface area contributed by atoms with E-state index in [1.165, 1.54) is 4.90 Å². The number of carbonyl (C=O) groups excluding carboxylic acids is 1. The first kappa shape index (κ1) is 23.5. The molecule has 0 saturated carbocycles. The Morgan fingerprint density at radius 3 is 2.47 bits per heavy atom.